The van der Waals surface area contributed by atoms with Gasteiger partial charge in [0.25, 0.3) is 5.88 Å². The van der Waals surface area contributed by atoms with Gasteiger partial charge in [0, 0.05) is 0 Å². The largest absolute Gasteiger partial charge is 0.477 e. The van der Waals surface area contributed by atoms with E-state index in [9.17, 15) is 4.79 Å². The Balaban J connectivity index is 1.91. The lowest BCUT2D eigenvalue weighted by atomic mass is 10.1. The molecular weight excluding hydrogens is 244 g/mol. The van der Waals surface area contributed by atoms with Crippen LogP contribution in [-0.2, 0) is 12.8 Å². The van der Waals surface area contributed by atoms with Crippen molar-refractivity contribution in [1.29, 1.82) is 0 Å². The van der Waals surface area contributed by atoms with Crippen molar-refractivity contribution in [2.24, 2.45) is 0 Å². The fourth-order valence-corrected chi connectivity index (χ4v) is 2.28. The molecule has 1 aliphatic carbocycles. The molecule has 1 N–H and O–H groups in total. The van der Waals surface area contributed by atoms with Gasteiger partial charge in [-0.15, -0.1) is 5.10 Å². The van der Waals surface area contributed by atoms with E-state index in [0.717, 1.165) is 19.3 Å². The minimum Gasteiger partial charge on any atom is -0.477 e. The van der Waals surface area contributed by atoms with Crippen LogP contribution >= 0.6 is 0 Å². The highest BCUT2D eigenvalue weighted by molar-refractivity contribution is 5.90. The smallest absolute Gasteiger partial charge is 0.341 e. The second-order valence-electron chi connectivity index (χ2n) is 4.44. The first kappa shape index (κ1) is 11.6. The lowest BCUT2D eigenvalue weighted by Gasteiger charge is -2.08. The van der Waals surface area contributed by atoms with Gasteiger partial charge in [0.2, 0.25) is 0 Å². The number of hydrogen-bond donors (Lipinski definition) is 1. The number of ether oxygens (including phenoxy) is 1. The second kappa shape index (κ2) is 4.68. The van der Waals surface area contributed by atoms with E-state index in [1.165, 1.54) is 23.4 Å². The third kappa shape index (κ3) is 2.27. The summed E-state index contributed by atoms with van der Waals surface area (Å²) in [6.45, 7) is 0. The summed E-state index contributed by atoms with van der Waals surface area (Å²) in [6, 6.07) is 7.18. The molecule has 0 atom stereocenters. The Morgan fingerprint density at radius 3 is 2.89 bits per heavy atom. The van der Waals surface area contributed by atoms with Crippen molar-refractivity contribution in [1.82, 2.24) is 10.2 Å². The average Bonchev–Trinajstić information content (AvgIpc) is 2.86. The van der Waals surface area contributed by atoms with Gasteiger partial charge in [-0.1, -0.05) is 6.07 Å². The number of carboxylic acids is 1. The SMILES string of the molecule is O=C(O)c1ccnnc1Oc1ccc2c(c1)CCC2. The number of fused-ring (bicyclic) bond motifs is 1. The molecule has 2 aromatic rings. The van der Waals surface area contributed by atoms with Crippen LogP contribution in [0.4, 0.5) is 0 Å². The zero-order valence-corrected chi connectivity index (χ0v) is 10.2. The minimum atomic E-state index is -1.08. The molecular formula is C14H12N2O3. The summed E-state index contributed by atoms with van der Waals surface area (Å²) in [6.07, 6.45) is 4.63. The molecule has 0 saturated carbocycles. The highest BCUT2D eigenvalue weighted by Gasteiger charge is 2.15. The van der Waals surface area contributed by atoms with E-state index < -0.39 is 5.97 Å². The van der Waals surface area contributed by atoms with Gasteiger partial charge >= 0.3 is 5.97 Å². The van der Waals surface area contributed by atoms with Crippen LogP contribution in [0.25, 0.3) is 0 Å². The molecule has 3 rings (SSSR count). The fraction of sp³-hybridized carbons (Fsp3) is 0.214. The van der Waals surface area contributed by atoms with Crippen molar-refractivity contribution in [2.75, 3.05) is 0 Å². The van der Waals surface area contributed by atoms with Crippen LogP contribution in [0.5, 0.6) is 11.6 Å². The molecule has 1 aliphatic rings. The van der Waals surface area contributed by atoms with Gasteiger partial charge in [-0.3, -0.25) is 0 Å². The van der Waals surface area contributed by atoms with Crippen molar-refractivity contribution in [3.63, 3.8) is 0 Å². The predicted octanol–water partition coefficient (Wildman–Crippen LogP) is 2.46. The van der Waals surface area contributed by atoms with E-state index in [1.807, 2.05) is 18.2 Å². The molecule has 0 fully saturated rings. The number of carboxylic acid groups (broad SMARTS) is 1. The van der Waals surface area contributed by atoms with Crippen molar-refractivity contribution >= 4 is 5.97 Å². The molecule has 0 spiro atoms. The van der Waals surface area contributed by atoms with E-state index in [1.54, 1.807) is 0 Å². The van der Waals surface area contributed by atoms with E-state index >= 15 is 0 Å². The van der Waals surface area contributed by atoms with Gasteiger partial charge in [-0.25, -0.2) is 4.79 Å². The van der Waals surface area contributed by atoms with Gasteiger partial charge in [0.1, 0.15) is 11.3 Å². The second-order valence-corrected chi connectivity index (χ2v) is 4.44. The van der Waals surface area contributed by atoms with E-state index in [0.29, 0.717) is 5.75 Å². The maximum absolute atomic E-state index is 11.1. The minimum absolute atomic E-state index is 0.00972. The highest BCUT2D eigenvalue weighted by atomic mass is 16.5. The number of carbonyl (C=O) groups is 1. The van der Waals surface area contributed by atoms with E-state index in [-0.39, 0.29) is 11.4 Å². The zero-order valence-electron chi connectivity index (χ0n) is 10.2. The average molecular weight is 256 g/mol. The molecule has 96 valence electrons. The van der Waals surface area contributed by atoms with Crippen LogP contribution in [0.1, 0.15) is 27.9 Å². The first-order valence-corrected chi connectivity index (χ1v) is 6.08. The number of aromatic nitrogens is 2. The number of aryl methyl sites for hydroxylation is 2. The third-order valence-corrected chi connectivity index (χ3v) is 3.20. The van der Waals surface area contributed by atoms with Crippen LogP contribution < -0.4 is 4.74 Å². The molecule has 0 saturated heterocycles. The maximum Gasteiger partial charge on any atom is 0.341 e. The van der Waals surface area contributed by atoms with E-state index in [2.05, 4.69) is 10.2 Å². The zero-order chi connectivity index (χ0) is 13.2. The molecule has 1 heterocycles. The summed E-state index contributed by atoms with van der Waals surface area (Å²) in [5, 5.41) is 16.4. The van der Waals surface area contributed by atoms with Crippen molar-refractivity contribution in [3.05, 3.63) is 47.2 Å². The quantitative estimate of drug-likeness (QED) is 0.913. The topological polar surface area (TPSA) is 72.3 Å². The van der Waals surface area contributed by atoms with Crippen LogP contribution in [0.2, 0.25) is 0 Å². The predicted molar refractivity (Wildman–Crippen MR) is 67.5 cm³/mol. The standard InChI is InChI=1S/C14H12N2O3/c17-14(18)12-6-7-15-16-13(12)19-11-5-4-9-2-1-3-10(9)8-11/h4-8H,1-3H2,(H,17,18). The number of nitrogens with zero attached hydrogens (tertiary/aromatic N) is 2. The van der Waals surface area contributed by atoms with Gasteiger partial charge in [0.15, 0.2) is 0 Å². The number of hydrogen-bond acceptors (Lipinski definition) is 4. The first-order chi connectivity index (χ1) is 9.24. The number of rotatable bonds is 3. The summed E-state index contributed by atoms with van der Waals surface area (Å²) >= 11 is 0. The maximum atomic E-state index is 11.1. The highest BCUT2D eigenvalue weighted by Crippen LogP contribution is 2.29. The molecule has 0 unspecified atom stereocenters. The summed E-state index contributed by atoms with van der Waals surface area (Å²) in [5.74, 6) is -0.456. The summed E-state index contributed by atoms with van der Waals surface area (Å²) in [4.78, 5) is 11.1. The van der Waals surface area contributed by atoms with Gasteiger partial charge in [0.05, 0.1) is 6.20 Å². The fourth-order valence-electron chi connectivity index (χ4n) is 2.28. The Hall–Kier alpha value is -2.43. The van der Waals surface area contributed by atoms with Crippen LogP contribution in [0.3, 0.4) is 0 Å². The molecule has 19 heavy (non-hydrogen) atoms. The van der Waals surface area contributed by atoms with Crippen molar-refractivity contribution < 1.29 is 14.6 Å². The molecule has 5 heteroatoms. The van der Waals surface area contributed by atoms with Crippen molar-refractivity contribution in [2.45, 2.75) is 19.3 Å². The van der Waals surface area contributed by atoms with Crippen LogP contribution in [-0.4, -0.2) is 21.3 Å². The van der Waals surface area contributed by atoms with Gasteiger partial charge in [-0.2, -0.15) is 5.10 Å². The Labute approximate surface area is 109 Å². The molecule has 5 nitrogen and oxygen atoms in total. The Bertz CT molecular complexity index is 640. The van der Waals surface area contributed by atoms with Crippen molar-refractivity contribution in [3.8, 4) is 11.6 Å². The number of aromatic carboxylic acids is 1. The Morgan fingerprint density at radius 2 is 2.05 bits per heavy atom. The Morgan fingerprint density at radius 1 is 1.21 bits per heavy atom. The van der Waals surface area contributed by atoms with Crippen LogP contribution in [0, 0.1) is 0 Å². The normalized spacial score (nSPS) is 13.1. The molecule has 0 radical (unpaired) electrons. The molecule has 1 aromatic carbocycles. The van der Waals surface area contributed by atoms with Crippen LogP contribution in [0.15, 0.2) is 30.5 Å². The summed E-state index contributed by atoms with van der Waals surface area (Å²) < 4.78 is 5.54. The van der Waals surface area contributed by atoms with E-state index in [4.69, 9.17) is 9.84 Å². The first-order valence-electron chi connectivity index (χ1n) is 6.08. The molecule has 0 bridgehead atoms. The monoisotopic (exact) mass is 256 g/mol. The lowest BCUT2D eigenvalue weighted by molar-refractivity contribution is 0.0693. The lowest BCUT2D eigenvalue weighted by Crippen LogP contribution is -2.03. The number of benzene rings is 1. The molecule has 1 aromatic heterocycles. The summed E-state index contributed by atoms with van der Waals surface area (Å²) in [5.41, 5.74) is 2.61. The molecule has 0 amide bonds. The summed E-state index contributed by atoms with van der Waals surface area (Å²) in [7, 11) is 0. The van der Waals surface area contributed by atoms with Gasteiger partial charge in [-0.05, 0) is 48.6 Å². The Kier molecular flexibility index (Phi) is 2.87. The molecule has 0 aliphatic heterocycles. The van der Waals surface area contributed by atoms with Gasteiger partial charge < -0.3 is 9.84 Å². The third-order valence-electron chi connectivity index (χ3n) is 3.20.